The van der Waals surface area contributed by atoms with Gasteiger partial charge >= 0.3 is 12.3 Å². The first-order valence-electron chi connectivity index (χ1n) is 22.7. The molecule has 3 N–H and O–H groups in total. The third kappa shape index (κ3) is 11.7. The lowest BCUT2D eigenvalue weighted by Gasteiger charge is -2.34. The number of rotatable bonds is 9. The number of benzene rings is 1. The number of allylic oxidation sites excluding steroid dienone is 1. The summed E-state index contributed by atoms with van der Waals surface area (Å²) < 4.78 is 80.4. The summed E-state index contributed by atoms with van der Waals surface area (Å²) in [6.07, 6.45) is 0.320. The fraction of sp³-hybridized carbons (Fsp3) is 0.574. The molecule has 4 aliphatic rings. The van der Waals surface area contributed by atoms with E-state index in [2.05, 4.69) is 20.3 Å². The molecule has 66 heavy (non-hydrogen) atoms. The number of alkyl carbamates (subject to hydrolysis) is 1. The van der Waals surface area contributed by atoms with Crippen molar-refractivity contribution in [2.75, 3.05) is 6.54 Å². The van der Waals surface area contributed by atoms with Crippen LogP contribution < -0.4 is 20.1 Å². The fourth-order valence-corrected chi connectivity index (χ4v) is 9.93. The number of hydrogen-bond acceptors (Lipinski definition) is 11. The van der Waals surface area contributed by atoms with Crippen LogP contribution in [0, 0.1) is 17.8 Å². The lowest BCUT2D eigenvalue weighted by molar-refractivity contribution is -0.244. The van der Waals surface area contributed by atoms with Gasteiger partial charge in [-0.05, 0) is 71.1 Å². The molecule has 19 heteroatoms. The second-order valence-corrected chi connectivity index (χ2v) is 20.8. The van der Waals surface area contributed by atoms with Crippen molar-refractivity contribution in [2.45, 2.75) is 148 Å². The highest BCUT2D eigenvalue weighted by Gasteiger charge is 2.63. The SMILES string of the molecule is CC.CC.C[C@@H]1CC/C=C\[C@@H]2C[C@@]2(C(=O)NS(=O)(=O)C2(C)CC2)NC(=O)[C@@H]2C[C@@H](Oc3cc(-c4ccccc4)nc(-c4nccs4)c3)CN2C(=O)[C@@H](NC(=O)OC(C)(C)C(F)(F)F)[C@H](C)C1.[HH].[HH].[HH]. The minimum atomic E-state index is -4.92. The number of pyridine rings is 1. The van der Waals surface area contributed by atoms with Crippen LogP contribution in [0.1, 0.15) is 112 Å². The number of halogens is 3. The van der Waals surface area contributed by atoms with Gasteiger partial charge in [0, 0.05) is 45.9 Å². The van der Waals surface area contributed by atoms with E-state index < -0.39 is 85.9 Å². The number of nitrogens with one attached hydrogen (secondary N) is 3. The third-order valence-corrected chi connectivity index (χ3v) is 15.3. The fourth-order valence-electron chi connectivity index (χ4n) is 8.03. The number of nitrogens with zero attached hydrogens (tertiary/aromatic N) is 3. The molecule has 1 saturated heterocycles. The van der Waals surface area contributed by atoms with Crippen molar-refractivity contribution in [1.82, 2.24) is 30.2 Å². The number of thiazole rings is 1. The molecule has 4 amide bonds. The van der Waals surface area contributed by atoms with E-state index in [9.17, 15) is 40.8 Å². The lowest BCUT2D eigenvalue weighted by atomic mass is 9.88. The molecule has 2 aliphatic heterocycles. The topological polar surface area (TPSA) is 186 Å². The van der Waals surface area contributed by atoms with Gasteiger partial charge < -0.3 is 25.0 Å². The number of amides is 4. The van der Waals surface area contributed by atoms with Crippen LogP contribution in [0.15, 0.2) is 66.2 Å². The molecule has 0 unspecified atom stereocenters. The van der Waals surface area contributed by atoms with Gasteiger partial charge in [0.15, 0.2) is 0 Å². The first kappa shape index (κ1) is 51.9. The van der Waals surface area contributed by atoms with Crippen molar-refractivity contribution >= 4 is 45.2 Å². The molecule has 2 aromatic heterocycles. The Labute approximate surface area is 394 Å². The second kappa shape index (κ2) is 20.9. The number of alkyl halides is 3. The first-order chi connectivity index (χ1) is 31.1. The minimum Gasteiger partial charge on any atom is -0.488 e. The Morgan fingerprint density at radius 1 is 1.02 bits per heavy atom. The first-order valence-corrected chi connectivity index (χ1v) is 25.0. The van der Waals surface area contributed by atoms with Gasteiger partial charge in [0.25, 0.3) is 5.91 Å². The normalized spacial score (nSPS) is 26.7. The van der Waals surface area contributed by atoms with Gasteiger partial charge in [0.05, 0.1) is 17.0 Å². The van der Waals surface area contributed by atoms with Gasteiger partial charge in [-0.1, -0.05) is 84.0 Å². The van der Waals surface area contributed by atoms with E-state index in [1.807, 2.05) is 71.0 Å². The van der Waals surface area contributed by atoms with Crippen LogP contribution in [-0.2, 0) is 29.1 Å². The predicted molar refractivity (Wildman–Crippen MR) is 253 cm³/mol. The van der Waals surface area contributed by atoms with E-state index in [-0.39, 0.29) is 29.6 Å². The predicted octanol–water partition coefficient (Wildman–Crippen LogP) is 9.33. The highest BCUT2D eigenvalue weighted by molar-refractivity contribution is 7.91. The van der Waals surface area contributed by atoms with Crippen LogP contribution in [0.25, 0.3) is 22.0 Å². The molecule has 3 aromatic rings. The Bertz CT molecular complexity index is 2340. The summed E-state index contributed by atoms with van der Waals surface area (Å²) in [4.78, 5) is 67.2. The smallest absolute Gasteiger partial charge is 0.427 e. The molecule has 0 spiro atoms. The monoisotopic (exact) mass is 966 g/mol. The number of sulfonamides is 1. The quantitative estimate of drug-likeness (QED) is 0.175. The molecule has 14 nitrogen and oxygen atoms in total. The molecular weight excluding hydrogens is 898 g/mol. The van der Waals surface area contributed by atoms with E-state index in [1.54, 1.807) is 43.6 Å². The maximum Gasteiger partial charge on any atom is 0.427 e. The summed E-state index contributed by atoms with van der Waals surface area (Å²) in [6.45, 7) is 14.4. The zero-order valence-electron chi connectivity index (χ0n) is 39.0. The van der Waals surface area contributed by atoms with Crippen molar-refractivity contribution in [2.24, 2.45) is 17.8 Å². The van der Waals surface area contributed by atoms with Crippen LogP contribution in [0.4, 0.5) is 18.0 Å². The lowest BCUT2D eigenvalue weighted by Crippen LogP contribution is -2.59. The molecule has 2 saturated carbocycles. The van der Waals surface area contributed by atoms with Gasteiger partial charge in [0.1, 0.15) is 40.2 Å². The van der Waals surface area contributed by atoms with Crippen molar-refractivity contribution in [3.05, 3.63) is 66.2 Å². The minimum absolute atomic E-state index is 0. The zero-order valence-corrected chi connectivity index (χ0v) is 40.7. The van der Waals surface area contributed by atoms with Gasteiger partial charge in [-0.25, -0.2) is 23.2 Å². The summed E-state index contributed by atoms with van der Waals surface area (Å²) in [5, 5.41) is 7.65. The maximum atomic E-state index is 14.9. The van der Waals surface area contributed by atoms with Gasteiger partial charge in [-0.3, -0.25) is 19.1 Å². The maximum absolute atomic E-state index is 14.9. The second-order valence-electron chi connectivity index (χ2n) is 17.8. The number of carbonyl (C=O) groups excluding carboxylic acids is 4. The summed E-state index contributed by atoms with van der Waals surface area (Å²) in [6, 6.07) is 10.00. The molecule has 368 valence electrons. The largest absolute Gasteiger partial charge is 0.488 e. The number of aromatic nitrogens is 2. The Kier molecular flexibility index (Phi) is 16.4. The van der Waals surface area contributed by atoms with E-state index in [0.29, 0.717) is 68.1 Å². The Morgan fingerprint density at radius 2 is 1.68 bits per heavy atom. The van der Waals surface area contributed by atoms with Crippen molar-refractivity contribution in [3.8, 4) is 27.7 Å². The number of ether oxygens (including phenoxy) is 2. The number of carbonyl (C=O) groups is 4. The van der Waals surface area contributed by atoms with Crippen LogP contribution in [0.2, 0.25) is 0 Å². The van der Waals surface area contributed by atoms with E-state index in [0.717, 1.165) is 5.56 Å². The third-order valence-electron chi connectivity index (χ3n) is 12.4. The average molecular weight is 967 g/mol. The zero-order chi connectivity index (χ0) is 48.8. The molecule has 2 aliphatic carbocycles. The molecule has 3 fully saturated rings. The Hall–Kier alpha value is -5.04. The van der Waals surface area contributed by atoms with Crippen molar-refractivity contribution < 1.29 is 54.5 Å². The van der Waals surface area contributed by atoms with Gasteiger partial charge in [-0.15, -0.1) is 11.3 Å². The molecule has 0 bridgehead atoms. The highest BCUT2D eigenvalue weighted by Crippen LogP contribution is 2.48. The molecule has 1 aromatic carbocycles. The average Bonchev–Trinajstić information content (AvgIpc) is 4.02. The standard InChI is InChI=1S/C43H51F3N6O8S2.2C2H6.3H2/c1-25-11-9-10-14-28-23-42(28,38(55)51-62(57,58)41(5)15-16-41)50-35(53)33-22-30(24-52(33)37(54)34(26(2)19-25)49-39(56)60-40(3,4)43(44,45)46)59-29-20-31(27-12-7-6-8-13-27)48-32(21-29)36-47-17-18-61-36;2*1-2;;;/h6-8,10,12-14,17-18,20-21,25-26,28,30,33-34H,9,11,15-16,19,22-24H2,1-5H3,(H,49,56)(H,50,53)(H,51,55);2*1-2H3;3*1H/b14-10-;;;;;/t25-,26-,28-,30-,33+,34+,42-;;;;;/m1...../s1. The van der Waals surface area contributed by atoms with Crippen LogP contribution >= 0.6 is 11.3 Å². The summed E-state index contributed by atoms with van der Waals surface area (Å²) >= 11 is 1.37. The number of fused-ring (bicyclic) bond motifs is 2. The van der Waals surface area contributed by atoms with Gasteiger partial charge in [0.2, 0.25) is 27.4 Å². The Balaban J connectivity index is 0.00000227. The summed E-state index contributed by atoms with van der Waals surface area (Å²) in [5.41, 5.74) is -2.67. The molecule has 7 rings (SSSR count). The molecule has 7 atom stereocenters. The highest BCUT2D eigenvalue weighted by atomic mass is 32.2. The van der Waals surface area contributed by atoms with Crippen LogP contribution in [0.5, 0.6) is 5.75 Å². The molecule has 0 radical (unpaired) electrons. The van der Waals surface area contributed by atoms with Crippen LogP contribution in [0.3, 0.4) is 0 Å². The van der Waals surface area contributed by atoms with Gasteiger partial charge in [-0.2, -0.15) is 13.2 Å². The number of hydrogen-bond donors (Lipinski definition) is 3. The van der Waals surface area contributed by atoms with E-state index >= 15 is 0 Å². The van der Waals surface area contributed by atoms with Crippen molar-refractivity contribution in [1.29, 1.82) is 0 Å². The van der Waals surface area contributed by atoms with Crippen molar-refractivity contribution in [3.63, 3.8) is 0 Å². The van der Waals surface area contributed by atoms with E-state index in [1.165, 1.54) is 16.2 Å². The van der Waals surface area contributed by atoms with Crippen LogP contribution in [-0.4, -0.2) is 93.9 Å². The molecule has 4 heterocycles. The summed E-state index contributed by atoms with van der Waals surface area (Å²) in [7, 11) is -4.09. The van der Waals surface area contributed by atoms with E-state index in [4.69, 9.17) is 14.5 Å². The Morgan fingerprint density at radius 3 is 2.30 bits per heavy atom. The molecular formula is C47H69F3N6O8S2. The summed E-state index contributed by atoms with van der Waals surface area (Å²) in [5.74, 6) is -3.33.